The SMILES string of the molecule is CC(N)C(c1ccccc1Br)N(CC1CC1)C1CC1. The molecule has 2 unspecified atom stereocenters. The van der Waals surface area contributed by atoms with Gasteiger partial charge >= 0.3 is 0 Å². The van der Waals surface area contributed by atoms with Crippen LogP contribution in [-0.2, 0) is 0 Å². The van der Waals surface area contributed by atoms with Crippen LogP contribution in [0.4, 0.5) is 0 Å². The molecule has 1 aromatic rings. The average molecular weight is 323 g/mol. The third kappa shape index (κ3) is 3.21. The summed E-state index contributed by atoms with van der Waals surface area (Å²) in [6.07, 6.45) is 5.51. The maximum Gasteiger partial charge on any atom is 0.0510 e. The van der Waals surface area contributed by atoms with Crippen molar-refractivity contribution >= 4 is 15.9 Å². The Kier molecular flexibility index (Phi) is 3.97. The van der Waals surface area contributed by atoms with Gasteiger partial charge in [0.1, 0.15) is 0 Å². The lowest BCUT2D eigenvalue weighted by Crippen LogP contribution is -2.42. The van der Waals surface area contributed by atoms with Gasteiger partial charge < -0.3 is 5.73 Å². The van der Waals surface area contributed by atoms with Crippen LogP contribution in [0.15, 0.2) is 28.7 Å². The molecule has 2 aliphatic rings. The Bertz CT molecular complexity index is 438. The number of hydrogen-bond acceptors (Lipinski definition) is 2. The van der Waals surface area contributed by atoms with Gasteiger partial charge in [-0.05, 0) is 50.2 Å². The molecule has 0 spiro atoms. The molecule has 0 saturated heterocycles. The summed E-state index contributed by atoms with van der Waals surface area (Å²) < 4.78 is 1.19. The van der Waals surface area contributed by atoms with Gasteiger partial charge in [-0.1, -0.05) is 34.1 Å². The first kappa shape index (κ1) is 13.6. The molecule has 0 heterocycles. The zero-order valence-corrected chi connectivity index (χ0v) is 13.1. The first-order valence-electron chi connectivity index (χ1n) is 7.42. The van der Waals surface area contributed by atoms with E-state index < -0.39 is 0 Å². The third-order valence-corrected chi connectivity index (χ3v) is 4.98. The van der Waals surface area contributed by atoms with Gasteiger partial charge in [0.05, 0.1) is 6.04 Å². The lowest BCUT2D eigenvalue weighted by Gasteiger charge is -2.35. The van der Waals surface area contributed by atoms with Crippen LogP contribution in [0.2, 0.25) is 0 Å². The molecule has 2 fully saturated rings. The monoisotopic (exact) mass is 322 g/mol. The van der Waals surface area contributed by atoms with Gasteiger partial charge in [0, 0.05) is 23.1 Å². The van der Waals surface area contributed by atoms with E-state index in [0.29, 0.717) is 6.04 Å². The molecule has 0 bridgehead atoms. The molecule has 19 heavy (non-hydrogen) atoms. The molecule has 3 rings (SSSR count). The van der Waals surface area contributed by atoms with Gasteiger partial charge in [0.15, 0.2) is 0 Å². The summed E-state index contributed by atoms with van der Waals surface area (Å²) in [6.45, 7) is 3.38. The van der Waals surface area contributed by atoms with E-state index in [1.165, 1.54) is 42.3 Å². The summed E-state index contributed by atoms with van der Waals surface area (Å²) in [7, 11) is 0. The molecule has 2 saturated carbocycles. The van der Waals surface area contributed by atoms with Gasteiger partial charge in [-0.2, -0.15) is 0 Å². The van der Waals surface area contributed by atoms with E-state index in [4.69, 9.17) is 5.73 Å². The highest BCUT2D eigenvalue weighted by molar-refractivity contribution is 9.10. The maximum absolute atomic E-state index is 6.34. The normalized spacial score (nSPS) is 22.5. The molecule has 104 valence electrons. The van der Waals surface area contributed by atoms with Crippen LogP contribution in [0.3, 0.4) is 0 Å². The van der Waals surface area contributed by atoms with Gasteiger partial charge in [-0.15, -0.1) is 0 Å². The highest BCUT2D eigenvalue weighted by Crippen LogP contribution is 2.41. The number of halogens is 1. The van der Waals surface area contributed by atoms with Crippen LogP contribution < -0.4 is 5.73 Å². The van der Waals surface area contributed by atoms with Crippen molar-refractivity contribution < 1.29 is 0 Å². The number of rotatable bonds is 6. The summed E-state index contributed by atoms with van der Waals surface area (Å²) >= 11 is 3.70. The van der Waals surface area contributed by atoms with Crippen LogP contribution in [0.1, 0.15) is 44.2 Å². The minimum atomic E-state index is 0.165. The van der Waals surface area contributed by atoms with Crippen molar-refractivity contribution in [1.29, 1.82) is 0 Å². The predicted molar refractivity (Wildman–Crippen MR) is 83.0 cm³/mol. The van der Waals surface area contributed by atoms with Crippen molar-refractivity contribution in [3.63, 3.8) is 0 Å². The molecule has 2 aliphatic carbocycles. The minimum absolute atomic E-state index is 0.165. The molecule has 2 N–H and O–H groups in total. The highest BCUT2D eigenvalue weighted by atomic mass is 79.9. The van der Waals surface area contributed by atoms with Crippen molar-refractivity contribution in [3.05, 3.63) is 34.3 Å². The molecule has 2 atom stereocenters. The zero-order chi connectivity index (χ0) is 13.4. The summed E-state index contributed by atoms with van der Waals surface area (Å²) in [6, 6.07) is 9.84. The van der Waals surface area contributed by atoms with Crippen molar-refractivity contribution in [2.75, 3.05) is 6.54 Å². The van der Waals surface area contributed by atoms with Gasteiger partial charge in [-0.25, -0.2) is 0 Å². The second-order valence-corrected chi connectivity index (χ2v) is 7.05. The van der Waals surface area contributed by atoms with Gasteiger partial charge in [-0.3, -0.25) is 4.90 Å². The van der Waals surface area contributed by atoms with Crippen molar-refractivity contribution in [1.82, 2.24) is 4.90 Å². The third-order valence-electron chi connectivity index (χ3n) is 4.26. The second-order valence-electron chi connectivity index (χ2n) is 6.20. The summed E-state index contributed by atoms with van der Waals surface area (Å²) in [5, 5.41) is 0. The van der Waals surface area contributed by atoms with E-state index in [1.54, 1.807) is 0 Å². The largest absolute Gasteiger partial charge is 0.326 e. The van der Waals surface area contributed by atoms with E-state index >= 15 is 0 Å². The first-order valence-corrected chi connectivity index (χ1v) is 8.22. The Balaban J connectivity index is 1.87. The maximum atomic E-state index is 6.34. The molecule has 2 nitrogen and oxygen atoms in total. The van der Waals surface area contributed by atoms with E-state index in [0.717, 1.165) is 12.0 Å². The van der Waals surface area contributed by atoms with Crippen LogP contribution >= 0.6 is 15.9 Å². The average Bonchev–Trinajstić information content (AvgIpc) is 3.25. The first-order chi connectivity index (χ1) is 9.16. The molecule has 0 radical (unpaired) electrons. The lowest BCUT2D eigenvalue weighted by molar-refractivity contribution is 0.158. The van der Waals surface area contributed by atoms with Crippen LogP contribution in [-0.4, -0.2) is 23.5 Å². The smallest absolute Gasteiger partial charge is 0.0510 e. The van der Waals surface area contributed by atoms with E-state index in [-0.39, 0.29) is 6.04 Å². The van der Waals surface area contributed by atoms with Crippen molar-refractivity contribution in [3.8, 4) is 0 Å². The highest BCUT2D eigenvalue weighted by Gasteiger charge is 2.39. The Morgan fingerprint density at radius 1 is 1.26 bits per heavy atom. The van der Waals surface area contributed by atoms with Gasteiger partial charge in [0.2, 0.25) is 0 Å². The molecular weight excluding hydrogens is 300 g/mol. The van der Waals surface area contributed by atoms with Crippen molar-refractivity contribution in [2.45, 2.75) is 50.7 Å². The van der Waals surface area contributed by atoms with Crippen LogP contribution in [0, 0.1) is 5.92 Å². The molecule has 0 aliphatic heterocycles. The standard InChI is InChI=1S/C16H23BrN2/c1-11(18)16(14-4-2-3-5-15(14)17)19(13-8-9-13)10-12-6-7-12/h2-5,11-13,16H,6-10,18H2,1H3. The zero-order valence-electron chi connectivity index (χ0n) is 11.6. The quantitative estimate of drug-likeness (QED) is 0.865. The molecule has 3 heteroatoms. The molecular formula is C16H23BrN2. The second kappa shape index (κ2) is 5.55. The van der Waals surface area contributed by atoms with Crippen LogP contribution in [0.25, 0.3) is 0 Å². The lowest BCUT2D eigenvalue weighted by atomic mass is 9.98. The van der Waals surface area contributed by atoms with Crippen LogP contribution in [0.5, 0.6) is 0 Å². The molecule has 1 aromatic carbocycles. The van der Waals surface area contributed by atoms with E-state index in [9.17, 15) is 0 Å². The number of benzene rings is 1. The summed E-state index contributed by atoms with van der Waals surface area (Å²) in [5.41, 5.74) is 7.69. The fourth-order valence-electron chi connectivity index (χ4n) is 2.97. The predicted octanol–water partition coefficient (Wildman–Crippen LogP) is 3.71. The van der Waals surface area contributed by atoms with Gasteiger partial charge in [0.25, 0.3) is 0 Å². The Labute approximate surface area is 124 Å². The number of hydrogen-bond donors (Lipinski definition) is 1. The fourth-order valence-corrected chi connectivity index (χ4v) is 3.49. The Hall–Kier alpha value is -0.380. The Morgan fingerprint density at radius 3 is 2.47 bits per heavy atom. The van der Waals surface area contributed by atoms with E-state index in [2.05, 4.69) is 52.0 Å². The minimum Gasteiger partial charge on any atom is -0.326 e. The molecule has 0 aromatic heterocycles. The number of nitrogens with zero attached hydrogens (tertiary/aromatic N) is 1. The topological polar surface area (TPSA) is 29.3 Å². The summed E-state index contributed by atoms with van der Waals surface area (Å²) in [4.78, 5) is 2.68. The molecule has 0 amide bonds. The number of nitrogens with two attached hydrogens (primary N) is 1. The van der Waals surface area contributed by atoms with E-state index in [1.807, 2.05) is 0 Å². The Morgan fingerprint density at radius 2 is 1.95 bits per heavy atom. The summed E-state index contributed by atoms with van der Waals surface area (Å²) in [5.74, 6) is 0.921. The van der Waals surface area contributed by atoms with Crippen molar-refractivity contribution in [2.24, 2.45) is 11.7 Å². The fraction of sp³-hybridized carbons (Fsp3) is 0.625.